The van der Waals surface area contributed by atoms with E-state index >= 15 is 0 Å². The van der Waals surface area contributed by atoms with E-state index in [1.807, 2.05) is 0 Å². The summed E-state index contributed by atoms with van der Waals surface area (Å²) in [5.41, 5.74) is 0. The molecule has 0 bridgehead atoms. The summed E-state index contributed by atoms with van der Waals surface area (Å²) < 4.78 is 61.1. The van der Waals surface area contributed by atoms with E-state index in [1.165, 1.54) is 70.6 Å². The van der Waals surface area contributed by atoms with E-state index in [9.17, 15) is 43.5 Å². The van der Waals surface area contributed by atoms with Gasteiger partial charge in [0.05, 0.1) is 26.4 Å². The molecule has 0 saturated carbocycles. The molecule has 18 heteroatoms. The summed E-state index contributed by atoms with van der Waals surface area (Å²) in [6, 6.07) is 0. The Morgan fingerprint density at radius 1 is 0.287 bits per heavy atom. The first-order valence-electron chi connectivity index (χ1n) is 38.4. The number of rotatable bonds is 71. The first kappa shape index (κ1) is 95.9. The summed E-state index contributed by atoms with van der Waals surface area (Å²) in [6.07, 6.45) is 94.0. The molecule has 0 radical (unpaired) electrons. The molecule has 0 aromatic rings. The van der Waals surface area contributed by atoms with E-state index in [1.54, 1.807) is 0 Å². The second kappa shape index (κ2) is 74.6. The molecular formula is C83H136O16P2. The van der Waals surface area contributed by atoms with Crippen LogP contribution >= 0.6 is 15.6 Å². The Balaban J connectivity index is 4.68. The van der Waals surface area contributed by atoms with Gasteiger partial charge in [-0.1, -0.05) is 274 Å². The van der Waals surface area contributed by atoms with Gasteiger partial charge in [0.1, 0.15) is 25.4 Å². The van der Waals surface area contributed by atoms with Gasteiger partial charge in [-0.25, -0.2) is 9.13 Å². The zero-order valence-corrected chi connectivity index (χ0v) is 64.3. The van der Waals surface area contributed by atoms with Crippen LogP contribution in [0.15, 0.2) is 170 Å². The van der Waals surface area contributed by atoms with Crippen molar-refractivity contribution < 1.29 is 75.8 Å². The monoisotopic (exact) mass is 1450 g/mol. The van der Waals surface area contributed by atoms with Gasteiger partial charge in [0.25, 0.3) is 0 Å². The molecule has 101 heavy (non-hydrogen) atoms. The number of hydrogen-bond acceptors (Lipinski definition) is 14. The van der Waals surface area contributed by atoms with Crippen LogP contribution in [0.4, 0.5) is 0 Å². The number of ether oxygens (including phenoxy) is 3. The fourth-order valence-corrected chi connectivity index (χ4v) is 11.2. The summed E-state index contributed by atoms with van der Waals surface area (Å²) in [5.74, 6) is -1.66. The highest BCUT2D eigenvalue weighted by Gasteiger charge is 2.29. The fourth-order valence-electron chi connectivity index (χ4n) is 9.61. The third kappa shape index (κ3) is 75.9. The number of carbonyl (C=O) groups excluding carboxylic acids is 3. The number of phosphoric acid groups is 2. The van der Waals surface area contributed by atoms with Crippen LogP contribution < -0.4 is 0 Å². The highest BCUT2D eigenvalue weighted by molar-refractivity contribution is 7.47. The normalized spacial score (nSPS) is 15.0. The van der Waals surface area contributed by atoms with Crippen molar-refractivity contribution in [2.75, 3.05) is 39.6 Å². The van der Waals surface area contributed by atoms with Crippen LogP contribution in [0.5, 0.6) is 0 Å². The van der Waals surface area contributed by atoms with Gasteiger partial charge < -0.3 is 34.2 Å². The number of aliphatic hydroxyl groups is 2. The van der Waals surface area contributed by atoms with Crippen LogP contribution in [0.1, 0.15) is 278 Å². The molecule has 5 atom stereocenters. The molecule has 0 aromatic carbocycles. The van der Waals surface area contributed by atoms with E-state index in [2.05, 4.69) is 191 Å². The summed E-state index contributed by atoms with van der Waals surface area (Å²) in [7, 11) is -9.82. The lowest BCUT2D eigenvalue weighted by atomic mass is 10.0. The van der Waals surface area contributed by atoms with Crippen LogP contribution in [0, 0.1) is 0 Å². The maximum absolute atomic E-state index is 13.0. The van der Waals surface area contributed by atoms with Gasteiger partial charge in [-0.15, -0.1) is 0 Å². The first-order chi connectivity index (χ1) is 49.2. The largest absolute Gasteiger partial charge is 0.472 e. The molecule has 0 spiro atoms. The maximum atomic E-state index is 13.0. The van der Waals surface area contributed by atoms with Crippen molar-refractivity contribution in [2.24, 2.45) is 0 Å². The standard InChI is InChI=1S/C83H136O16P2/c1-4-7-10-13-16-19-22-25-28-31-34-35-36-37-38-39-40-41-44-46-48-51-54-57-60-63-66-69-81(86)93-72-78(84)73-95-100(89,90)96-74-79(85)75-97-101(91,92)98-77-80(99-83(88)71-68-65-62-59-56-53-50-47-43-33-30-27-24-21-18-15-12-9-6-3)76-94-82(87)70-67-64-61-58-55-52-49-45-42-32-29-26-23-20-17-14-11-8-5-2/h8-9,11-12,16-21,25-30,34-35,37-38,42-43,45,47,52-53,55-56,78-80,84-85H,4-7,10,13-15,22-24,31-33,36,39-41,44,46,48-51,54,57-77H2,1-3H3,(H,89,90)(H,91,92)/b11-8-,12-9-,19-16-,20-17-,21-18-,28-25-,29-26-,30-27-,35-34-,38-37-,45-42-,47-43-,55-52-,56-53-. The third-order valence-electron chi connectivity index (χ3n) is 15.4. The molecule has 4 N–H and O–H groups in total. The number of esters is 3. The number of allylic oxidation sites excluding steroid dienone is 28. The van der Waals surface area contributed by atoms with E-state index < -0.39 is 91.5 Å². The lowest BCUT2D eigenvalue weighted by Crippen LogP contribution is -2.30. The Bertz CT molecular complexity index is 2520. The van der Waals surface area contributed by atoms with E-state index in [4.69, 9.17) is 32.3 Å². The van der Waals surface area contributed by atoms with Crippen molar-refractivity contribution >= 4 is 33.6 Å². The molecule has 0 aromatic heterocycles. The predicted molar refractivity (Wildman–Crippen MR) is 417 cm³/mol. The number of aliphatic hydroxyl groups excluding tert-OH is 2. The van der Waals surface area contributed by atoms with Crippen molar-refractivity contribution in [1.29, 1.82) is 0 Å². The molecule has 0 saturated heterocycles. The molecule has 574 valence electrons. The van der Waals surface area contributed by atoms with Gasteiger partial charge in [0.15, 0.2) is 6.10 Å². The number of hydrogen-bond donors (Lipinski definition) is 4. The number of carbonyl (C=O) groups is 3. The molecule has 5 unspecified atom stereocenters. The summed E-state index contributed by atoms with van der Waals surface area (Å²) in [4.78, 5) is 58.6. The lowest BCUT2D eigenvalue weighted by molar-refractivity contribution is -0.161. The fraction of sp³-hybridized carbons (Fsp3) is 0.627. The molecule has 0 fully saturated rings. The summed E-state index contributed by atoms with van der Waals surface area (Å²) in [6.45, 7) is 2.32. The minimum Gasteiger partial charge on any atom is -0.463 e. The van der Waals surface area contributed by atoms with Gasteiger partial charge in [-0.05, 0) is 154 Å². The van der Waals surface area contributed by atoms with Gasteiger partial charge in [0, 0.05) is 19.3 Å². The van der Waals surface area contributed by atoms with E-state index in [0.717, 1.165) is 148 Å². The zero-order valence-electron chi connectivity index (χ0n) is 62.5. The molecular weight excluding hydrogens is 1310 g/mol. The lowest BCUT2D eigenvalue weighted by Gasteiger charge is -2.21. The van der Waals surface area contributed by atoms with Crippen molar-refractivity contribution in [3.8, 4) is 0 Å². The number of phosphoric ester groups is 2. The van der Waals surface area contributed by atoms with Gasteiger partial charge in [0.2, 0.25) is 0 Å². The molecule has 0 rings (SSSR count). The van der Waals surface area contributed by atoms with E-state index in [-0.39, 0.29) is 19.3 Å². The maximum Gasteiger partial charge on any atom is 0.472 e. The van der Waals surface area contributed by atoms with Gasteiger partial charge in [-0.2, -0.15) is 0 Å². The van der Waals surface area contributed by atoms with Crippen LogP contribution in [-0.4, -0.2) is 95.9 Å². The first-order valence-corrected chi connectivity index (χ1v) is 41.4. The second-order valence-corrected chi connectivity index (χ2v) is 27.9. The van der Waals surface area contributed by atoms with Crippen LogP contribution in [0.25, 0.3) is 0 Å². The Hall–Kier alpha value is -5.09. The average molecular weight is 1450 g/mol. The van der Waals surface area contributed by atoms with Gasteiger partial charge >= 0.3 is 33.6 Å². The quantitative estimate of drug-likeness (QED) is 0.0146. The second-order valence-electron chi connectivity index (χ2n) is 25.0. The highest BCUT2D eigenvalue weighted by Crippen LogP contribution is 2.45. The summed E-state index contributed by atoms with van der Waals surface area (Å²) >= 11 is 0. The van der Waals surface area contributed by atoms with Crippen molar-refractivity contribution in [3.63, 3.8) is 0 Å². The minimum atomic E-state index is -4.96. The SMILES string of the molecule is CC/C=C\C/C=C\C/C=C\C/C=C\C/C=C\CCCCCC(=O)OCC(COP(=O)(O)OCC(O)COP(=O)(O)OCC(O)COC(=O)CCCCCCCCCCCCC/C=C\C/C=C\C/C=C\C/C=C\CCCCC)OC(=O)CCCCC/C=C\C/C=C\C/C=C\C/C=C\C/C=C\CC. The molecule has 0 heterocycles. The van der Waals surface area contributed by atoms with Crippen LogP contribution in [0.3, 0.4) is 0 Å². The highest BCUT2D eigenvalue weighted by atomic mass is 31.2. The minimum absolute atomic E-state index is 0.0508. The van der Waals surface area contributed by atoms with Gasteiger partial charge in [-0.3, -0.25) is 32.5 Å². The summed E-state index contributed by atoms with van der Waals surface area (Å²) in [5, 5.41) is 20.6. The smallest absolute Gasteiger partial charge is 0.463 e. The van der Waals surface area contributed by atoms with Crippen LogP contribution in [-0.2, 0) is 55.8 Å². The Kier molecular flexibility index (Phi) is 70.9. The van der Waals surface area contributed by atoms with Crippen LogP contribution in [0.2, 0.25) is 0 Å². The predicted octanol–water partition coefficient (Wildman–Crippen LogP) is 22.4. The molecule has 0 amide bonds. The topological polar surface area (TPSA) is 231 Å². The molecule has 16 nitrogen and oxygen atoms in total. The Morgan fingerprint density at radius 2 is 0.525 bits per heavy atom. The van der Waals surface area contributed by atoms with Crippen molar-refractivity contribution in [3.05, 3.63) is 170 Å². The Labute approximate surface area is 612 Å². The van der Waals surface area contributed by atoms with Crippen molar-refractivity contribution in [1.82, 2.24) is 0 Å². The van der Waals surface area contributed by atoms with E-state index in [0.29, 0.717) is 19.3 Å². The zero-order chi connectivity index (χ0) is 73.7. The Morgan fingerprint density at radius 3 is 0.842 bits per heavy atom. The molecule has 0 aliphatic heterocycles. The van der Waals surface area contributed by atoms with Crippen molar-refractivity contribution in [2.45, 2.75) is 296 Å². The average Bonchev–Trinajstić information content (AvgIpc) is 1.17. The number of unbranched alkanes of at least 4 members (excludes halogenated alkanes) is 20. The molecule has 0 aliphatic carbocycles. The molecule has 0 aliphatic rings. The third-order valence-corrected chi connectivity index (χ3v) is 17.3.